The minimum absolute atomic E-state index is 0. The van der Waals surface area contributed by atoms with Crippen molar-refractivity contribution in [2.24, 2.45) is 4.99 Å². The summed E-state index contributed by atoms with van der Waals surface area (Å²) in [4.78, 5) is 4.57. The van der Waals surface area contributed by atoms with Crippen LogP contribution in [0.25, 0.3) is 0 Å². The summed E-state index contributed by atoms with van der Waals surface area (Å²) in [5.74, 6) is 3.95. The minimum atomic E-state index is -1.13. The van der Waals surface area contributed by atoms with Crippen molar-refractivity contribution >= 4 is 29.9 Å². The normalized spacial score (nSPS) is 13.1. The zero-order chi connectivity index (χ0) is 23.0. The average molecular weight is 561 g/mol. The number of ether oxygens (including phenoxy) is 3. The number of hydrogen-bond acceptors (Lipinski definition) is 6. The molecule has 1 heterocycles. The van der Waals surface area contributed by atoms with Crippen molar-refractivity contribution in [3.05, 3.63) is 40.8 Å². The first-order valence-electron chi connectivity index (χ1n) is 10.4. The van der Waals surface area contributed by atoms with Crippen LogP contribution in [0.4, 0.5) is 0 Å². The Hall–Kier alpha value is -2.14. The lowest BCUT2D eigenvalue weighted by molar-refractivity contribution is 0.0657. The summed E-state index contributed by atoms with van der Waals surface area (Å²) in [7, 11) is 4.80. The highest BCUT2D eigenvalue weighted by Gasteiger charge is 2.27. The lowest BCUT2D eigenvalue weighted by atomic mass is 9.96. The average Bonchev–Trinajstić information content (AvgIpc) is 3.10. The zero-order valence-corrected chi connectivity index (χ0v) is 22.3. The fourth-order valence-corrected chi connectivity index (χ4v) is 3.50. The second-order valence-electron chi connectivity index (χ2n) is 7.47. The van der Waals surface area contributed by atoms with Crippen molar-refractivity contribution in [3.8, 4) is 17.2 Å². The van der Waals surface area contributed by atoms with E-state index < -0.39 is 5.60 Å². The van der Waals surface area contributed by atoms with Gasteiger partial charge in [0.15, 0.2) is 17.5 Å². The van der Waals surface area contributed by atoms with E-state index in [9.17, 15) is 5.11 Å². The van der Waals surface area contributed by atoms with Crippen molar-refractivity contribution in [2.75, 3.05) is 41.0 Å². The highest BCUT2D eigenvalue weighted by molar-refractivity contribution is 14.0. The number of benzene rings is 1. The molecule has 0 saturated heterocycles. The number of rotatable bonds is 10. The Morgan fingerprint density at radius 2 is 1.78 bits per heavy atom. The topological polar surface area (TPSA) is 97.5 Å². The Bertz CT molecular complexity index is 896. The molecule has 1 aromatic heterocycles. The SMILES string of the molecule is CCNC(=NCC(C)(O)c1cc(C)oc1C)NCCc1ccc(OC)c(OC)c1OC.I. The molecule has 0 radical (unpaired) electrons. The standard InChI is InChI=1S/C23H35N3O5.HI/c1-8-24-22(26-14-23(4,27)18-13-15(2)31-16(18)3)25-12-11-17-9-10-19(28-5)21(30-7)20(17)29-6;/h9-10,13,27H,8,11-12,14H2,1-7H3,(H2,24,25,26);1H. The Kier molecular flexibility index (Phi) is 11.1. The van der Waals surface area contributed by atoms with Crippen LogP contribution < -0.4 is 24.8 Å². The van der Waals surface area contributed by atoms with Gasteiger partial charge >= 0.3 is 0 Å². The Morgan fingerprint density at radius 1 is 1.09 bits per heavy atom. The van der Waals surface area contributed by atoms with Gasteiger partial charge in [0.25, 0.3) is 0 Å². The van der Waals surface area contributed by atoms with Crippen molar-refractivity contribution in [3.63, 3.8) is 0 Å². The van der Waals surface area contributed by atoms with Crippen LogP contribution in [0.1, 0.15) is 36.5 Å². The number of furan rings is 1. The zero-order valence-electron chi connectivity index (χ0n) is 20.0. The van der Waals surface area contributed by atoms with Crippen LogP contribution in [0, 0.1) is 13.8 Å². The molecule has 0 spiro atoms. The van der Waals surface area contributed by atoms with E-state index in [1.54, 1.807) is 28.3 Å². The maximum absolute atomic E-state index is 10.9. The molecule has 2 aromatic rings. The number of nitrogens with one attached hydrogen (secondary N) is 2. The Labute approximate surface area is 207 Å². The van der Waals surface area contributed by atoms with Gasteiger partial charge in [-0.25, -0.2) is 4.99 Å². The largest absolute Gasteiger partial charge is 0.493 e. The number of nitrogens with zero attached hydrogens (tertiary/aromatic N) is 1. The molecule has 0 aliphatic carbocycles. The monoisotopic (exact) mass is 561 g/mol. The number of halogens is 1. The first kappa shape index (κ1) is 27.9. The van der Waals surface area contributed by atoms with E-state index in [1.165, 1.54) is 0 Å². The number of aryl methyl sites for hydroxylation is 2. The molecule has 2 rings (SSSR count). The van der Waals surface area contributed by atoms with Gasteiger partial charge in [-0.2, -0.15) is 0 Å². The highest BCUT2D eigenvalue weighted by Crippen LogP contribution is 2.39. The minimum Gasteiger partial charge on any atom is -0.493 e. The maximum Gasteiger partial charge on any atom is 0.203 e. The predicted octanol–water partition coefficient (Wildman–Crippen LogP) is 3.55. The fourth-order valence-electron chi connectivity index (χ4n) is 3.50. The number of aliphatic hydroxyl groups is 1. The molecule has 0 saturated carbocycles. The van der Waals surface area contributed by atoms with Gasteiger partial charge < -0.3 is 34.4 Å². The summed E-state index contributed by atoms with van der Waals surface area (Å²) in [6.07, 6.45) is 0.685. The Morgan fingerprint density at radius 3 is 2.31 bits per heavy atom. The summed E-state index contributed by atoms with van der Waals surface area (Å²) in [5.41, 5.74) is 0.608. The molecule has 0 amide bonds. The summed E-state index contributed by atoms with van der Waals surface area (Å²) >= 11 is 0. The number of methoxy groups -OCH3 is 3. The molecule has 1 unspecified atom stereocenters. The molecule has 0 fully saturated rings. The fraction of sp³-hybridized carbons (Fsp3) is 0.522. The van der Waals surface area contributed by atoms with Gasteiger partial charge in [-0.05, 0) is 46.2 Å². The quantitative estimate of drug-likeness (QED) is 0.232. The van der Waals surface area contributed by atoms with Crippen molar-refractivity contribution in [1.82, 2.24) is 10.6 Å². The third kappa shape index (κ3) is 6.93. The van der Waals surface area contributed by atoms with Gasteiger partial charge in [0.1, 0.15) is 17.1 Å². The molecule has 0 bridgehead atoms. The maximum atomic E-state index is 10.9. The molecular formula is C23H36IN3O5. The highest BCUT2D eigenvalue weighted by atomic mass is 127. The molecule has 1 atom stereocenters. The molecule has 3 N–H and O–H groups in total. The molecule has 8 nitrogen and oxygen atoms in total. The van der Waals surface area contributed by atoms with Gasteiger partial charge in [0, 0.05) is 24.2 Å². The Balaban J connectivity index is 0.00000512. The van der Waals surface area contributed by atoms with E-state index in [2.05, 4.69) is 15.6 Å². The van der Waals surface area contributed by atoms with Crippen LogP contribution in [0.5, 0.6) is 17.2 Å². The third-order valence-corrected chi connectivity index (χ3v) is 4.98. The van der Waals surface area contributed by atoms with Gasteiger partial charge in [-0.15, -0.1) is 24.0 Å². The molecule has 9 heteroatoms. The second-order valence-corrected chi connectivity index (χ2v) is 7.47. The molecule has 0 aliphatic heterocycles. The molecule has 180 valence electrons. The summed E-state index contributed by atoms with van der Waals surface area (Å²) in [6.45, 7) is 8.97. The molecule has 32 heavy (non-hydrogen) atoms. The van der Waals surface area contributed by atoms with Crippen LogP contribution in [0.15, 0.2) is 27.6 Å². The number of hydrogen-bond donors (Lipinski definition) is 3. The first-order chi connectivity index (χ1) is 14.8. The lowest BCUT2D eigenvalue weighted by Gasteiger charge is -2.22. The lowest BCUT2D eigenvalue weighted by Crippen LogP contribution is -2.39. The van der Waals surface area contributed by atoms with E-state index in [1.807, 2.05) is 39.0 Å². The van der Waals surface area contributed by atoms with Crippen LogP contribution in [0.2, 0.25) is 0 Å². The molecule has 0 aliphatic rings. The first-order valence-corrected chi connectivity index (χ1v) is 10.4. The second kappa shape index (κ2) is 12.8. The van der Waals surface area contributed by atoms with Crippen LogP contribution in [-0.2, 0) is 12.0 Å². The van der Waals surface area contributed by atoms with Crippen LogP contribution in [-0.4, -0.2) is 52.0 Å². The van der Waals surface area contributed by atoms with Gasteiger partial charge in [0.2, 0.25) is 5.75 Å². The van der Waals surface area contributed by atoms with E-state index in [-0.39, 0.29) is 30.5 Å². The predicted molar refractivity (Wildman–Crippen MR) is 137 cm³/mol. The molecular weight excluding hydrogens is 525 g/mol. The third-order valence-electron chi connectivity index (χ3n) is 4.98. The van der Waals surface area contributed by atoms with E-state index in [4.69, 9.17) is 18.6 Å². The van der Waals surface area contributed by atoms with Crippen LogP contribution >= 0.6 is 24.0 Å². The van der Waals surface area contributed by atoms with E-state index in [0.29, 0.717) is 48.5 Å². The summed E-state index contributed by atoms with van der Waals surface area (Å²) in [6, 6.07) is 5.68. The van der Waals surface area contributed by atoms with Crippen molar-refractivity contribution in [1.29, 1.82) is 0 Å². The van der Waals surface area contributed by atoms with Gasteiger partial charge in [-0.1, -0.05) is 6.07 Å². The smallest absolute Gasteiger partial charge is 0.203 e. The summed E-state index contributed by atoms with van der Waals surface area (Å²) in [5, 5.41) is 17.4. The van der Waals surface area contributed by atoms with E-state index >= 15 is 0 Å². The van der Waals surface area contributed by atoms with E-state index in [0.717, 1.165) is 16.9 Å². The molecule has 1 aromatic carbocycles. The van der Waals surface area contributed by atoms with Crippen molar-refractivity contribution in [2.45, 2.75) is 39.7 Å². The number of aliphatic imine (C=N–C) groups is 1. The van der Waals surface area contributed by atoms with Gasteiger partial charge in [0.05, 0.1) is 27.9 Å². The van der Waals surface area contributed by atoms with Crippen molar-refractivity contribution < 1.29 is 23.7 Å². The summed E-state index contributed by atoms with van der Waals surface area (Å²) < 4.78 is 21.9. The van der Waals surface area contributed by atoms with Crippen LogP contribution in [0.3, 0.4) is 0 Å². The van der Waals surface area contributed by atoms with Gasteiger partial charge in [-0.3, -0.25) is 0 Å². The number of guanidine groups is 1.